The lowest BCUT2D eigenvalue weighted by Gasteiger charge is -2.28. The van der Waals surface area contributed by atoms with Crippen LogP contribution < -0.4 is 9.80 Å². The first-order valence-corrected chi connectivity index (χ1v) is 11.4. The van der Waals surface area contributed by atoms with E-state index in [0.29, 0.717) is 0 Å². The van der Waals surface area contributed by atoms with Gasteiger partial charge >= 0.3 is 0 Å². The highest BCUT2D eigenvalue weighted by Crippen LogP contribution is 2.34. The number of H-pyrrole nitrogens is 2. The number of rotatable bonds is 4. The third-order valence-electron chi connectivity index (χ3n) is 6.46. The van der Waals surface area contributed by atoms with Crippen LogP contribution in [0, 0.1) is 0 Å². The lowest BCUT2D eigenvalue weighted by molar-refractivity contribution is 0.578. The Kier molecular flexibility index (Phi) is 4.71. The van der Waals surface area contributed by atoms with Gasteiger partial charge in [0.25, 0.3) is 0 Å². The van der Waals surface area contributed by atoms with Crippen LogP contribution in [0.1, 0.15) is 19.3 Å². The summed E-state index contributed by atoms with van der Waals surface area (Å²) < 4.78 is 0. The molecule has 0 unspecified atom stereocenters. The Balaban J connectivity index is 1.44. The third-order valence-corrected chi connectivity index (χ3v) is 6.46. The number of aromatic nitrogens is 6. The number of anilines is 2. The van der Waals surface area contributed by atoms with Crippen molar-refractivity contribution in [3.05, 3.63) is 49.2 Å². The first kappa shape index (κ1) is 19.7. The van der Waals surface area contributed by atoms with E-state index in [0.717, 1.165) is 57.8 Å². The minimum Gasteiger partial charge on any atom is -0.376 e. The van der Waals surface area contributed by atoms with Gasteiger partial charge in [-0.1, -0.05) is 0 Å². The molecule has 6 heterocycles. The van der Waals surface area contributed by atoms with Crippen molar-refractivity contribution in [2.75, 3.05) is 37.0 Å². The molecule has 1 fully saturated rings. The average Bonchev–Trinajstić information content (AvgIpc) is 3.48. The Bertz CT molecular complexity index is 1440. The maximum atomic E-state index is 4.65. The van der Waals surface area contributed by atoms with Crippen LogP contribution in [0.5, 0.6) is 0 Å². The lowest BCUT2D eigenvalue weighted by Crippen LogP contribution is -2.29. The number of nitrogens with zero attached hydrogens (tertiary/aromatic N) is 6. The summed E-state index contributed by atoms with van der Waals surface area (Å²) in [7, 11) is 4.02. The van der Waals surface area contributed by atoms with Crippen LogP contribution >= 0.6 is 0 Å². The standard InChI is InChI=1S/C25H26N8/c1-32(2)17-8-16(11-26-12-17)20-10-19-23(14-28-20)30-31-25(19)21-9-18-22(29-21)13-27-15-24(18)33-6-4-3-5-7-33/h8-15,29H,3-7H2,1-2H3,(H,30,31). The molecule has 5 aromatic heterocycles. The minimum atomic E-state index is 0.869. The Morgan fingerprint density at radius 1 is 0.848 bits per heavy atom. The van der Waals surface area contributed by atoms with E-state index in [1.165, 1.54) is 30.3 Å². The van der Waals surface area contributed by atoms with Gasteiger partial charge in [0.05, 0.1) is 58.6 Å². The summed E-state index contributed by atoms with van der Waals surface area (Å²) in [6.07, 6.45) is 13.2. The topological polar surface area (TPSA) is 89.6 Å². The Morgan fingerprint density at radius 3 is 2.55 bits per heavy atom. The normalized spacial score (nSPS) is 14.3. The van der Waals surface area contributed by atoms with Crippen LogP contribution in [-0.4, -0.2) is 57.3 Å². The molecule has 5 aromatic rings. The van der Waals surface area contributed by atoms with Gasteiger partial charge in [-0.3, -0.25) is 20.1 Å². The van der Waals surface area contributed by atoms with Crippen molar-refractivity contribution in [3.63, 3.8) is 0 Å². The number of hydrogen-bond donors (Lipinski definition) is 2. The Morgan fingerprint density at radius 2 is 1.70 bits per heavy atom. The Labute approximate surface area is 191 Å². The van der Waals surface area contributed by atoms with E-state index in [-0.39, 0.29) is 0 Å². The summed E-state index contributed by atoms with van der Waals surface area (Å²) in [5, 5.41) is 9.98. The van der Waals surface area contributed by atoms with Crippen LogP contribution in [0.3, 0.4) is 0 Å². The summed E-state index contributed by atoms with van der Waals surface area (Å²) in [6.45, 7) is 2.17. The molecule has 1 saturated heterocycles. The molecule has 1 aliphatic heterocycles. The van der Waals surface area contributed by atoms with Gasteiger partial charge in [0.15, 0.2) is 0 Å². The van der Waals surface area contributed by atoms with Crippen molar-refractivity contribution in [2.24, 2.45) is 0 Å². The van der Waals surface area contributed by atoms with E-state index in [2.05, 4.69) is 53.2 Å². The van der Waals surface area contributed by atoms with Crippen molar-refractivity contribution in [1.82, 2.24) is 30.1 Å². The molecule has 166 valence electrons. The highest BCUT2D eigenvalue weighted by molar-refractivity contribution is 6.00. The molecule has 0 aliphatic carbocycles. The third kappa shape index (κ3) is 3.47. The number of pyridine rings is 3. The molecular weight excluding hydrogens is 412 g/mol. The lowest BCUT2D eigenvalue weighted by atomic mass is 10.1. The molecule has 0 radical (unpaired) electrons. The predicted octanol–water partition coefficient (Wildman–Crippen LogP) is 4.62. The van der Waals surface area contributed by atoms with E-state index < -0.39 is 0 Å². The number of hydrogen-bond acceptors (Lipinski definition) is 6. The second-order valence-electron chi connectivity index (χ2n) is 8.86. The SMILES string of the molecule is CN(C)c1cncc(-c2cc3c(-c4cc5c(N6CCCCC6)cncc5[nH]4)n[nH]c3cn2)c1. The molecular formula is C25H26N8. The molecule has 2 N–H and O–H groups in total. The van der Waals surface area contributed by atoms with Gasteiger partial charge in [-0.05, 0) is 37.5 Å². The summed E-state index contributed by atoms with van der Waals surface area (Å²) in [6, 6.07) is 6.38. The summed E-state index contributed by atoms with van der Waals surface area (Å²) >= 11 is 0. The zero-order valence-corrected chi connectivity index (χ0v) is 18.8. The van der Waals surface area contributed by atoms with E-state index in [4.69, 9.17) is 0 Å². The van der Waals surface area contributed by atoms with Gasteiger partial charge in [0.2, 0.25) is 0 Å². The van der Waals surface area contributed by atoms with Gasteiger partial charge in [-0.15, -0.1) is 0 Å². The second-order valence-corrected chi connectivity index (χ2v) is 8.86. The minimum absolute atomic E-state index is 0.869. The summed E-state index contributed by atoms with van der Waals surface area (Å²) in [4.78, 5) is 21.6. The molecule has 0 atom stereocenters. The molecule has 0 saturated carbocycles. The van der Waals surface area contributed by atoms with Gasteiger partial charge < -0.3 is 14.8 Å². The van der Waals surface area contributed by atoms with Crippen LogP contribution in [0.15, 0.2) is 49.2 Å². The molecule has 1 aliphatic rings. The van der Waals surface area contributed by atoms with Crippen molar-refractivity contribution in [2.45, 2.75) is 19.3 Å². The van der Waals surface area contributed by atoms with Crippen molar-refractivity contribution in [1.29, 1.82) is 0 Å². The van der Waals surface area contributed by atoms with Crippen LogP contribution in [0.25, 0.3) is 44.5 Å². The fourth-order valence-electron chi connectivity index (χ4n) is 4.64. The zero-order chi connectivity index (χ0) is 22.4. The molecule has 0 spiro atoms. The quantitative estimate of drug-likeness (QED) is 0.426. The zero-order valence-electron chi connectivity index (χ0n) is 18.8. The van der Waals surface area contributed by atoms with E-state index >= 15 is 0 Å². The number of piperidine rings is 1. The number of fused-ring (bicyclic) bond motifs is 2. The van der Waals surface area contributed by atoms with E-state index in [1.807, 2.05) is 50.0 Å². The largest absolute Gasteiger partial charge is 0.376 e. The van der Waals surface area contributed by atoms with Crippen molar-refractivity contribution < 1.29 is 0 Å². The van der Waals surface area contributed by atoms with Crippen LogP contribution in [0.2, 0.25) is 0 Å². The van der Waals surface area contributed by atoms with Gasteiger partial charge in [-0.25, -0.2) is 0 Å². The van der Waals surface area contributed by atoms with E-state index in [1.54, 1.807) is 0 Å². The molecule has 8 nitrogen and oxygen atoms in total. The van der Waals surface area contributed by atoms with Crippen molar-refractivity contribution in [3.8, 4) is 22.6 Å². The highest BCUT2D eigenvalue weighted by Gasteiger charge is 2.18. The molecule has 6 rings (SSSR count). The van der Waals surface area contributed by atoms with Crippen LogP contribution in [0.4, 0.5) is 11.4 Å². The molecule has 0 aromatic carbocycles. The molecule has 0 bridgehead atoms. The second kappa shape index (κ2) is 7.88. The van der Waals surface area contributed by atoms with E-state index in [9.17, 15) is 0 Å². The van der Waals surface area contributed by atoms with Gasteiger partial charge in [0.1, 0.15) is 5.69 Å². The van der Waals surface area contributed by atoms with Crippen LogP contribution in [-0.2, 0) is 0 Å². The fraction of sp³-hybridized carbons (Fsp3) is 0.280. The number of nitrogens with one attached hydrogen (secondary N) is 2. The maximum Gasteiger partial charge on any atom is 0.116 e. The smallest absolute Gasteiger partial charge is 0.116 e. The van der Waals surface area contributed by atoms with Gasteiger partial charge in [0, 0.05) is 49.7 Å². The monoisotopic (exact) mass is 438 g/mol. The average molecular weight is 439 g/mol. The highest BCUT2D eigenvalue weighted by atomic mass is 15.1. The van der Waals surface area contributed by atoms with Gasteiger partial charge in [-0.2, -0.15) is 5.10 Å². The maximum absolute atomic E-state index is 4.65. The number of aromatic amines is 2. The molecule has 0 amide bonds. The first-order chi connectivity index (χ1) is 16.2. The first-order valence-electron chi connectivity index (χ1n) is 11.4. The predicted molar refractivity (Wildman–Crippen MR) is 133 cm³/mol. The molecule has 8 heteroatoms. The summed E-state index contributed by atoms with van der Waals surface area (Å²) in [5.74, 6) is 0. The fourth-order valence-corrected chi connectivity index (χ4v) is 4.64. The van der Waals surface area contributed by atoms with Crippen molar-refractivity contribution >= 4 is 33.2 Å². The Hall–Kier alpha value is -3.94. The molecule has 33 heavy (non-hydrogen) atoms. The summed E-state index contributed by atoms with van der Waals surface area (Å²) in [5.41, 5.74) is 7.86.